The Kier molecular flexibility index (Phi) is 4.66. The Morgan fingerprint density at radius 2 is 2.42 bits per heavy atom. The molecule has 0 spiro atoms. The smallest absolute Gasteiger partial charge is 0.188 e. The van der Waals surface area contributed by atoms with E-state index in [4.69, 9.17) is 10.9 Å². The van der Waals surface area contributed by atoms with Crippen LogP contribution in [0.4, 0.5) is 0 Å². The third-order valence-corrected chi connectivity index (χ3v) is 5.09. The summed E-state index contributed by atoms with van der Waals surface area (Å²) >= 11 is 1.96. The molecule has 4 N–H and O–H groups in total. The van der Waals surface area contributed by atoms with E-state index in [2.05, 4.69) is 21.7 Å². The summed E-state index contributed by atoms with van der Waals surface area (Å²) in [5, 5.41) is 15.1. The van der Waals surface area contributed by atoms with Crippen LogP contribution in [0.15, 0.2) is 23.5 Å². The van der Waals surface area contributed by atoms with Crippen LogP contribution in [-0.4, -0.2) is 33.6 Å². The molecule has 2 rings (SSSR count). The number of nitrogens with two attached hydrogens (primary N) is 1. The van der Waals surface area contributed by atoms with Crippen molar-refractivity contribution in [3.8, 4) is 0 Å². The van der Waals surface area contributed by atoms with Gasteiger partial charge in [0, 0.05) is 24.0 Å². The number of thioether (sulfide) groups is 1. The Morgan fingerprint density at radius 1 is 1.63 bits per heavy atom. The topological polar surface area (TPSA) is 83.5 Å². The highest BCUT2D eigenvalue weighted by Crippen LogP contribution is 2.42. The number of nitrogens with zero attached hydrogens (tertiary/aromatic N) is 2. The number of aromatic nitrogens is 1. The highest BCUT2D eigenvalue weighted by molar-refractivity contribution is 8.00. The molecular weight excluding hydrogens is 260 g/mol. The van der Waals surface area contributed by atoms with Gasteiger partial charge in [0.1, 0.15) is 5.69 Å². The van der Waals surface area contributed by atoms with Crippen molar-refractivity contribution in [3.63, 3.8) is 0 Å². The second-order valence-electron chi connectivity index (χ2n) is 4.88. The van der Waals surface area contributed by atoms with E-state index in [1.807, 2.05) is 23.9 Å². The van der Waals surface area contributed by atoms with Gasteiger partial charge in [-0.15, -0.1) is 0 Å². The Labute approximate surface area is 117 Å². The van der Waals surface area contributed by atoms with Crippen LogP contribution in [0, 0.1) is 0 Å². The second kappa shape index (κ2) is 6.25. The van der Waals surface area contributed by atoms with E-state index < -0.39 is 0 Å². The fourth-order valence-electron chi connectivity index (χ4n) is 2.23. The number of amidine groups is 1. The molecule has 5 nitrogen and oxygen atoms in total. The largest absolute Gasteiger partial charge is 0.409 e. The Hall–Kier alpha value is -1.27. The quantitative estimate of drug-likeness (QED) is 0.319. The molecule has 1 saturated carbocycles. The Morgan fingerprint density at radius 3 is 3.00 bits per heavy atom. The van der Waals surface area contributed by atoms with Gasteiger partial charge in [-0.1, -0.05) is 11.6 Å². The van der Waals surface area contributed by atoms with Crippen molar-refractivity contribution in [2.75, 3.05) is 12.8 Å². The minimum absolute atomic E-state index is 0.0430. The maximum atomic E-state index is 8.64. The van der Waals surface area contributed by atoms with Crippen LogP contribution in [0.25, 0.3) is 0 Å². The molecule has 0 unspecified atom stereocenters. The summed E-state index contributed by atoms with van der Waals surface area (Å²) in [4.78, 5) is 4.06. The van der Waals surface area contributed by atoms with Crippen LogP contribution in [0.3, 0.4) is 0 Å². The first kappa shape index (κ1) is 14.1. The Balaban J connectivity index is 1.89. The van der Waals surface area contributed by atoms with Gasteiger partial charge in [0.25, 0.3) is 0 Å². The van der Waals surface area contributed by atoms with Crippen LogP contribution < -0.4 is 11.1 Å². The normalized spacial score (nSPS) is 18.1. The van der Waals surface area contributed by atoms with Crippen molar-refractivity contribution in [2.24, 2.45) is 10.9 Å². The average Bonchev–Trinajstić information content (AvgIpc) is 2.41. The standard InChI is InChI=1S/C13H20N4OS/c1-19-13(4-2-5-13)9-15-8-10-3-6-16-11(7-10)12(14)17-18/h3,6-7,15,18H,2,4-5,8-9H2,1H3,(H2,14,17). The van der Waals surface area contributed by atoms with E-state index in [0.717, 1.165) is 18.7 Å². The molecule has 6 heteroatoms. The molecular formula is C13H20N4OS. The Bertz CT molecular complexity index is 454. The van der Waals surface area contributed by atoms with Gasteiger partial charge in [-0.05, 0) is 36.8 Å². The SMILES string of the molecule is CSC1(CNCc2ccnc(/C(N)=N/O)c2)CCC1. The monoisotopic (exact) mass is 280 g/mol. The predicted molar refractivity (Wildman–Crippen MR) is 78.6 cm³/mol. The maximum Gasteiger partial charge on any atom is 0.188 e. The molecule has 0 atom stereocenters. The fraction of sp³-hybridized carbons (Fsp3) is 0.538. The molecule has 1 aromatic heterocycles. The predicted octanol–water partition coefficient (Wildman–Crippen LogP) is 1.55. The van der Waals surface area contributed by atoms with Crippen molar-refractivity contribution in [3.05, 3.63) is 29.6 Å². The van der Waals surface area contributed by atoms with E-state index in [1.165, 1.54) is 19.3 Å². The molecule has 0 aromatic carbocycles. The maximum absolute atomic E-state index is 8.64. The molecule has 0 aliphatic heterocycles. The van der Waals surface area contributed by atoms with Gasteiger partial charge in [0.2, 0.25) is 0 Å². The molecule has 1 heterocycles. The van der Waals surface area contributed by atoms with Gasteiger partial charge in [-0.2, -0.15) is 11.8 Å². The number of nitrogens with one attached hydrogen (secondary N) is 1. The lowest BCUT2D eigenvalue weighted by Crippen LogP contribution is -2.43. The van der Waals surface area contributed by atoms with Crippen molar-refractivity contribution in [1.29, 1.82) is 0 Å². The third-order valence-electron chi connectivity index (χ3n) is 3.67. The average molecular weight is 280 g/mol. The lowest BCUT2D eigenvalue weighted by atomic mass is 9.84. The van der Waals surface area contributed by atoms with Crippen LogP contribution in [0.5, 0.6) is 0 Å². The van der Waals surface area contributed by atoms with Gasteiger partial charge in [0.05, 0.1) is 0 Å². The lowest BCUT2D eigenvalue weighted by Gasteiger charge is -2.40. The fourth-order valence-corrected chi connectivity index (χ4v) is 3.18. The van der Waals surface area contributed by atoms with E-state index in [-0.39, 0.29) is 5.84 Å². The number of pyridine rings is 1. The summed E-state index contributed by atoms with van der Waals surface area (Å²) < 4.78 is 0.432. The molecule has 1 fully saturated rings. The van der Waals surface area contributed by atoms with Crippen LogP contribution in [0.2, 0.25) is 0 Å². The van der Waals surface area contributed by atoms with Crippen LogP contribution in [-0.2, 0) is 6.54 Å². The summed E-state index contributed by atoms with van der Waals surface area (Å²) in [6, 6.07) is 3.78. The van der Waals surface area contributed by atoms with Gasteiger partial charge >= 0.3 is 0 Å². The minimum atomic E-state index is 0.0430. The summed E-state index contributed by atoms with van der Waals surface area (Å²) in [6.07, 6.45) is 7.80. The molecule has 1 aromatic rings. The van der Waals surface area contributed by atoms with Crippen molar-refractivity contribution >= 4 is 17.6 Å². The zero-order valence-corrected chi connectivity index (χ0v) is 11.9. The van der Waals surface area contributed by atoms with Crippen LogP contribution >= 0.6 is 11.8 Å². The molecule has 1 aliphatic carbocycles. The van der Waals surface area contributed by atoms with Gasteiger partial charge < -0.3 is 16.3 Å². The summed E-state index contributed by atoms with van der Waals surface area (Å²) in [5.74, 6) is 0.0430. The summed E-state index contributed by atoms with van der Waals surface area (Å²) in [5.41, 5.74) is 7.12. The summed E-state index contributed by atoms with van der Waals surface area (Å²) in [6.45, 7) is 1.80. The molecule has 19 heavy (non-hydrogen) atoms. The third kappa shape index (κ3) is 3.39. The van der Waals surface area contributed by atoms with Crippen molar-refractivity contribution < 1.29 is 5.21 Å². The van der Waals surface area contributed by atoms with E-state index in [1.54, 1.807) is 6.20 Å². The number of hydrogen-bond acceptors (Lipinski definition) is 5. The van der Waals surface area contributed by atoms with Gasteiger partial charge in [-0.25, -0.2) is 0 Å². The summed E-state index contributed by atoms with van der Waals surface area (Å²) in [7, 11) is 0. The highest BCUT2D eigenvalue weighted by Gasteiger charge is 2.35. The van der Waals surface area contributed by atoms with E-state index in [0.29, 0.717) is 10.4 Å². The first-order chi connectivity index (χ1) is 9.19. The molecule has 0 radical (unpaired) electrons. The number of hydrogen-bond donors (Lipinski definition) is 3. The number of rotatable bonds is 6. The molecule has 0 amide bonds. The second-order valence-corrected chi connectivity index (χ2v) is 6.15. The van der Waals surface area contributed by atoms with E-state index in [9.17, 15) is 0 Å². The molecule has 0 bridgehead atoms. The van der Waals surface area contributed by atoms with Crippen LogP contribution in [0.1, 0.15) is 30.5 Å². The van der Waals surface area contributed by atoms with Crippen molar-refractivity contribution in [2.45, 2.75) is 30.6 Å². The highest BCUT2D eigenvalue weighted by atomic mass is 32.2. The molecule has 1 aliphatic rings. The van der Waals surface area contributed by atoms with Crippen molar-refractivity contribution in [1.82, 2.24) is 10.3 Å². The molecule has 0 saturated heterocycles. The molecule has 104 valence electrons. The zero-order valence-electron chi connectivity index (χ0n) is 11.1. The minimum Gasteiger partial charge on any atom is -0.409 e. The van der Waals surface area contributed by atoms with Gasteiger partial charge in [0.15, 0.2) is 5.84 Å². The van der Waals surface area contributed by atoms with Gasteiger partial charge in [-0.3, -0.25) is 4.98 Å². The first-order valence-corrected chi connectivity index (χ1v) is 7.60. The zero-order chi connectivity index (χ0) is 13.7. The first-order valence-electron chi connectivity index (χ1n) is 6.38. The van der Waals surface area contributed by atoms with E-state index >= 15 is 0 Å². The lowest BCUT2D eigenvalue weighted by molar-refractivity contribution is 0.318. The number of oxime groups is 1.